The second-order valence-corrected chi connectivity index (χ2v) is 9.46. The van der Waals surface area contributed by atoms with E-state index in [2.05, 4.69) is 5.32 Å². The number of benzene rings is 2. The normalized spacial score (nSPS) is 20.4. The van der Waals surface area contributed by atoms with Crippen LogP contribution in [-0.4, -0.2) is 52.3 Å². The average molecular weight is 550 g/mol. The van der Waals surface area contributed by atoms with Gasteiger partial charge in [0.2, 0.25) is 0 Å². The Morgan fingerprint density at radius 3 is 2.25 bits per heavy atom. The van der Waals surface area contributed by atoms with E-state index in [1.165, 1.54) is 7.11 Å². The Kier molecular flexibility index (Phi) is 8.82. The molecule has 0 radical (unpaired) electrons. The second kappa shape index (κ2) is 12.3. The number of nitrogens with one attached hydrogen (secondary N) is 1. The van der Waals surface area contributed by atoms with Crippen molar-refractivity contribution in [1.82, 2.24) is 5.32 Å². The maximum absolute atomic E-state index is 14.5. The molecular formula is C31H35NO8. The molecule has 0 bridgehead atoms. The Balaban J connectivity index is 1.96. The molecule has 0 spiro atoms. The zero-order valence-corrected chi connectivity index (χ0v) is 23.7. The van der Waals surface area contributed by atoms with E-state index < -0.39 is 35.5 Å². The van der Waals surface area contributed by atoms with Gasteiger partial charge in [0, 0.05) is 34.5 Å². The van der Waals surface area contributed by atoms with Crippen LogP contribution in [-0.2, 0) is 23.9 Å². The molecule has 9 heteroatoms. The molecule has 2 aliphatic rings. The van der Waals surface area contributed by atoms with Crippen molar-refractivity contribution in [2.45, 2.75) is 39.0 Å². The van der Waals surface area contributed by atoms with Crippen LogP contribution in [0, 0.1) is 5.92 Å². The molecule has 9 nitrogen and oxygen atoms in total. The molecule has 0 amide bonds. The largest absolute Gasteiger partial charge is 0.497 e. The molecule has 0 saturated heterocycles. The van der Waals surface area contributed by atoms with Gasteiger partial charge < -0.3 is 29.0 Å². The number of dihydropyridines is 1. The highest BCUT2D eigenvalue weighted by Crippen LogP contribution is 2.51. The number of hydrogen-bond donors (Lipinski definition) is 1. The molecule has 1 heterocycles. The van der Waals surface area contributed by atoms with E-state index in [0.29, 0.717) is 46.2 Å². The van der Waals surface area contributed by atoms with Gasteiger partial charge in [0.1, 0.15) is 23.2 Å². The fourth-order valence-electron chi connectivity index (χ4n) is 5.65. The van der Waals surface area contributed by atoms with E-state index in [9.17, 15) is 14.4 Å². The van der Waals surface area contributed by atoms with Crippen molar-refractivity contribution >= 4 is 17.7 Å². The number of methoxy groups -OCH3 is 3. The average Bonchev–Trinajstić information content (AvgIpc) is 2.96. The maximum atomic E-state index is 14.5. The Hall–Kier alpha value is -4.27. The van der Waals surface area contributed by atoms with Gasteiger partial charge in [-0.05, 0) is 44.9 Å². The first-order valence-electron chi connectivity index (χ1n) is 13.2. The van der Waals surface area contributed by atoms with Gasteiger partial charge in [-0.3, -0.25) is 9.59 Å². The number of ketones is 1. The lowest BCUT2D eigenvalue weighted by Gasteiger charge is -2.40. The number of hydrogen-bond acceptors (Lipinski definition) is 9. The zero-order chi connectivity index (χ0) is 29.0. The molecule has 1 aliphatic heterocycles. The zero-order valence-electron chi connectivity index (χ0n) is 23.7. The Bertz CT molecular complexity index is 1380. The molecule has 3 unspecified atom stereocenters. The molecule has 1 N–H and O–H groups in total. The van der Waals surface area contributed by atoms with E-state index in [0.717, 1.165) is 5.56 Å². The molecule has 4 rings (SSSR count). The van der Waals surface area contributed by atoms with Crippen molar-refractivity contribution in [3.8, 4) is 17.2 Å². The number of Topliss-reactive ketones (excluding diaryl/α,β-unsaturated/α-hetero) is 1. The summed E-state index contributed by atoms with van der Waals surface area (Å²) in [7, 11) is 4.61. The van der Waals surface area contributed by atoms with E-state index in [1.54, 1.807) is 59.3 Å². The molecule has 2 aromatic carbocycles. The third kappa shape index (κ3) is 5.15. The van der Waals surface area contributed by atoms with Gasteiger partial charge in [-0.15, -0.1) is 0 Å². The molecule has 40 heavy (non-hydrogen) atoms. The molecule has 2 aromatic rings. The summed E-state index contributed by atoms with van der Waals surface area (Å²) in [5.74, 6) is -2.61. The monoisotopic (exact) mass is 549 g/mol. The highest BCUT2D eigenvalue weighted by Gasteiger charge is 2.50. The van der Waals surface area contributed by atoms with Crippen molar-refractivity contribution in [2.24, 2.45) is 5.92 Å². The van der Waals surface area contributed by atoms with Crippen LogP contribution in [0.25, 0.3) is 0 Å². The molecule has 3 atom stereocenters. The fraction of sp³-hybridized carbons (Fsp3) is 0.387. The first-order chi connectivity index (χ1) is 19.3. The summed E-state index contributed by atoms with van der Waals surface area (Å²) in [5.41, 5.74) is 3.06. The minimum Gasteiger partial charge on any atom is -0.497 e. The van der Waals surface area contributed by atoms with Gasteiger partial charge in [-0.25, -0.2) is 4.79 Å². The quantitative estimate of drug-likeness (QED) is 0.359. The van der Waals surface area contributed by atoms with Crippen molar-refractivity contribution in [3.63, 3.8) is 0 Å². The number of esters is 2. The van der Waals surface area contributed by atoms with E-state index >= 15 is 0 Å². The first-order valence-corrected chi connectivity index (χ1v) is 13.2. The fourth-order valence-corrected chi connectivity index (χ4v) is 5.65. The van der Waals surface area contributed by atoms with E-state index in [4.69, 9.17) is 23.7 Å². The van der Waals surface area contributed by atoms with Gasteiger partial charge in [0.05, 0.1) is 46.0 Å². The highest BCUT2D eigenvalue weighted by atomic mass is 16.5. The van der Waals surface area contributed by atoms with Crippen LogP contribution in [0.4, 0.5) is 0 Å². The smallest absolute Gasteiger partial charge is 0.336 e. The van der Waals surface area contributed by atoms with Crippen LogP contribution in [0.2, 0.25) is 0 Å². The number of rotatable bonds is 9. The number of para-hydroxylation sites is 1. The Morgan fingerprint density at radius 1 is 0.900 bits per heavy atom. The van der Waals surface area contributed by atoms with Crippen LogP contribution in [0.15, 0.2) is 65.0 Å². The summed E-state index contributed by atoms with van der Waals surface area (Å²) in [6, 6.07) is 12.5. The van der Waals surface area contributed by atoms with Crippen molar-refractivity contribution < 1.29 is 38.1 Å². The van der Waals surface area contributed by atoms with Crippen LogP contribution < -0.4 is 19.5 Å². The summed E-state index contributed by atoms with van der Waals surface area (Å²) in [6.07, 6.45) is 0.313. The second-order valence-electron chi connectivity index (χ2n) is 9.46. The van der Waals surface area contributed by atoms with Crippen LogP contribution >= 0.6 is 0 Å². The summed E-state index contributed by atoms with van der Waals surface area (Å²) >= 11 is 0. The van der Waals surface area contributed by atoms with E-state index in [1.807, 2.05) is 18.2 Å². The van der Waals surface area contributed by atoms with Crippen LogP contribution in [0.3, 0.4) is 0 Å². The minimum absolute atomic E-state index is 0.119. The van der Waals surface area contributed by atoms with Crippen molar-refractivity contribution in [2.75, 3.05) is 34.5 Å². The predicted molar refractivity (Wildman–Crippen MR) is 147 cm³/mol. The SMILES string of the molecule is CCOC(=O)C1=C(C)NC2=C(C(=O)C(C(=O)OCC)C(c3ccccc3OC)C2)C1c1ccc(OC)cc1OC. The predicted octanol–water partition coefficient (Wildman–Crippen LogP) is 4.43. The lowest BCUT2D eigenvalue weighted by molar-refractivity contribution is -0.152. The van der Waals surface area contributed by atoms with Crippen molar-refractivity contribution in [3.05, 3.63) is 76.1 Å². The van der Waals surface area contributed by atoms with Crippen molar-refractivity contribution in [1.29, 1.82) is 0 Å². The summed E-state index contributed by atoms with van der Waals surface area (Å²) in [6.45, 7) is 5.47. The summed E-state index contributed by atoms with van der Waals surface area (Å²) in [4.78, 5) is 41.3. The molecule has 212 valence electrons. The molecular weight excluding hydrogens is 514 g/mol. The molecule has 0 aromatic heterocycles. The first kappa shape index (κ1) is 28.7. The van der Waals surface area contributed by atoms with Crippen LogP contribution in [0.1, 0.15) is 50.2 Å². The molecule has 1 aliphatic carbocycles. The summed E-state index contributed by atoms with van der Waals surface area (Å²) in [5, 5.41) is 3.31. The third-order valence-electron chi connectivity index (χ3n) is 7.35. The van der Waals surface area contributed by atoms with E-state index in [-0.39, 0.29) is 18.8 Å². The third-order valence-corrected chi connectivity index (χ3v) is 7.35. The summed E-state index contributed by atoms with van der Waals surface area (Å²) < 4.78 is 27.5. The number of carbonyl (C=O) groups is 3. The number of carbonyl (C=O) groups excluding carboxylic acids is 3. The van der Waals surface area contributed by atoms with Crippen LogP contribution in [0.5, 0.6) is 17.2 Å². The lowest BCUT2D eigenvalue weighted by Crippen LogP contribution is -2.43. The standard InChI is InChI=1S/C31H35NO8/c1-7-39-30(34)25-17(3)32-22-16-21(19-11-9-10-12-23(19)37-5)27(31(35)40-8-2)29(33)28(22)26(25)20-14-13-18(36-4)15-24(20)38-6/h9-15,21,26-27,32H,7-8,16H2,1-6H3. The highest BCUT2D eigenvalue weighted by molar-refractivity contribution is 6.13. The minimum atomic E-state index is -1.15. The maximum Gasteiger partial charge on any atom is 0.336 e. The van der Waals surface area contributed by atoms with Gasteiger partial charge in [0.15, 0.2) is 5.78 Å². The van der Waals surface area contributed by atoms with Gasteiger partial charge in [-0.1, -0.05) is 24.3 Å². The van der Waals surface area contributed by atoms with Gasteiger partial charge in [0.25, 0.3) is 0 Å². The van der Waals surface area contributed by atoms with Gasteiger partial charge >= 0.3 is 11.9 Å². The molecule has 0 fully saturated rings. The Morgan fingerprint density at radius 2 is 1.60 bits per heavy atom. The Labute approximate surface area is 234 Å². The number of ether oxygens (including phenoxy) is 5. The molecule has 0 saturated carbocycles. The lowest BCUT2D eigenvalue weighted by atomic mass is 9.67. The number of allylic oxidation sites excluding steroid dienone is 3. The van der Waals surface area contributed by atoms with Gasteiger partial charge in [-0.2, -0.15) is 0 Å². The topological polar surface area (TPSA) is 109 Å².